The van der Waals surface area contributed by atoms with E-state index in [0.717, 1.165) is 41.9 Å². The minimum Gasteiger partial charge on any atom is -0.392 e. The SMILES string of the molecule is C[C@H]1[C@@H](CN2CCCCC2)O[C@@H](c2ccc(CNC(=O)c3ccccc3)cc2)O[C@H]1c1ccc(CO)cc1. The van der Waals surface area contributed by atoms with Gasteiger partial charge in [-0.2, -0.15) is 0 Å². The maximum absolute atomic E-state index is 12.4. The summed E-state index contributed by atoms with van der Waals surface area (Å²) in [4.78, 5) is 14.9. The normalized spacial score (nSPS) is 24.2. The summed E-state index contributed by atoms with van der Waals surface area (Å²) < 4.78 is 13.2. The monoisotopic (exact) mass is 514 g/mol. The van der Waals surface area contributed by atoms with E-state index in [1.165, 1.54) is 19.3 Å². The number of hydrogen-bond acceptors (Lipinski definition) is 5. The van der Waals surface area contributed by atoms with Gasteiger partial charge in [-0.3, -0.25) is 4.79 Å². The van der Waals surface area contributed by atoms with Crippen molar-refractivity contribution in [2.45, 2.75) is 57.8 Å². The Kier molecular flexibility index (Phi) is 8.86. The molecule has 0 aromatic heterocycles. The topological polar surface area (TPSA) is 71.0 Å². The van der Waals surface area contributed by atoms with Crippen LogP contribution in [-0.4, -0.2) is 41.7 Å². The van der Waals surface area contributed by atoms with Crippen molar-refractivity contribution in [3.05, 3.63) is 107 Å². The summed E-state index contributed by atoms with van der Waals surface area (Å²) in [6, 6.07) is 25.4. The molecule has 2 fully saturated rings. The van der Waals surface area contributed by atoms with Crippen LogP contribution in [-0.2, 0) is 22.6 Å². The number of ether oxygens (including phenoxy) is 2. The smallest absolute Gasteiger partial charge is 0.251 e. The predicted molar refractivity (Wildman–Crippen MR) is 147 cm³/mol. The third-order valence-electron chi connectivity index (χ3n) is 7.75. The molecule has 0 spiro atoms. The molecule has 6 heteroatoms. The third kappa shape index (κ3) is 6.51. The van der Waals surface area contributed by atoms with Gasteiger partial charge in [-0.1, -0.05) is 80.1 Å². The maximum atomic E-state index is 12.4. The molecule has 2 aliphatic rings. The van der Waals surface area contributed by atoms with E-state index >= 15 is 0 Å². The minimum atomic E-state index is -0.475. The highest BCUT2D eigenvalue weighted by atomic mass is 16.7. The number of aliphatic hydroxyl groups excluding tert-OH is 1. The zero-order valence-corrected chi connectivity index (χ0v) is 22.1. The zero-order chi connectivity index (χ0) is 26.3. The molecular weight excluding hydrogens is 476 g/mol. The molecule has 0 aliphatic carbocycles. The number of rotatable bonds is 8. The van der Waals surface area contributed by atoms with E-state index in [1.54, 1.807) is 0 Å². The van der Waals surface area contributed by atoms with E-state index in [9.17, 15) is 9.90 Å². The summed E-state index contributed by atoms with van der Waals surface area (Å²) in [5, 5.41) is 12.5. The average molecular weight is 515 g/mol. The van der Waals surface area contributed by atoms with E-state index in [-0.39, 0.29) is 30.6 Å². The molecule has 200 valence electrons. The highest BCUT2D eigenvalue weighted by Crippen LogP contribution is 2.42. The first-order chi connectivity index (χ1) is 18.6. The van der Waals surface area contributed by atoms with Gasteiger partial charge in [0, 0.05) is 30.1 Å². The van der Waals surface area contributed by atoms with Gasteiger partial charge in [-0.05, 0) is 54.8 Å². The first-order valence-electron chi connectivity index (χ1n) is 13.8. The summed E-state index contributed by atoms with van der Waals surface area (Å²) in [6.45, 7) is 5.84. The number of benzene rings is 3. The molecule has 3 aromatic carbocycles. The van der Waals surface area contributed by atoms with Gasteiger partial charge in [0.25, 0.3) is 5.91 Å². The van der Waals surface area contributed by atoms with E-state index in [2.05, 4.69) is 29.3 Å². The standard InChI is InChI=1S/C32H38N2O4/c1-23-29(21-34-18-6-3-7-19-34)37-32(38-30(23)26-14-12-25(22-35)13-15-26)28-16-10-24(11-17-28)20-33-31(36)27-8-4-2-5-9-27/h2,4-5,8-17,23,29-30,32,35H,3,6-7,18-22H2,1H3,(H,33,36)/t23-,29+,30+,32+/m0/s1. The molecule has 2 saturated heterocycles. The van der Waals surface area contributed by atoms with Gasteiger partial charge in [-0.15, -0.1) is 0 Å². The number of piperidine rings is 1. The second-order valence-electron chi connectivity index (χ2n) is 10.5. The van der Waals surface area contributed by atoms with Crippen LogP contribution >= 0.6 is 0 Å². The summed E-state index contributed by atoms with van der Waals surface area (Å²) in [5.74, 6) is 0.0962. The number of carbonyl (C=O) groups is 1. The molecule has 0 radical (unpaired) electrons. The number of hydrogen-bond donors (Lipinski definition) is 2. The molecule has 6 nitrogen and oxygen atoms in total. The predicted octanol–water partition coefficient (Wildman–Crippen LogP) is 5.39. The second-order valence-corrected chi connectivity index (χ2v) is 10.5. The number of aliphatic hydroxyl groups is 1. The fraction of sp³-hybridized carbons (Fsp3) is 0.406. The zero-order valence-electron chi connectivity index (χ0n) is 22.1. The Bertz CT molecular complexity index is 1160. The van der Waals surface area contributed by atoms with Crippen LogP contribution in [0.15, 0.2) is 78.9 Å². The summed E-state index contributed by atoms with van der Waals surface area (Å²) in [7, 11) is 0. The van der Waals surface area contributed by atoms with Crippen LogP contribution in [0.1, 0.15) is 71.2 Å². The Morgan fingerprint density at radius 3 is 2.21 bits per heavy atom. The quantitative estimate of drug-likeness (QED) is 0.422. The van der Waals surface area contributed by atoms with Gasteiger partial charge in [0.1, 0.15) is 0 Å². The van der Waals surface area contributed by atoms with Crippen LogP contribution in [0.5, 0.6) is 0 Å². The molecule has 1 amide bonds. The Morgan fingerprint density at radius 1 is 0.868 bits per heavy atom. The van der Waals surface area contributed by atoms with E-state index in [0.29, 0.717) is 12.1 Å². The average Bonchev–Trinajstić information content (AvgIpc) is 2.98. The second kappa shape index (κ2) is 12.7. The number of amides is 1. The van der Waals surface area contributed by atoms with Crippen molar-refractivity contribution >= 4 is 5.91 Å². The Balaban J connectivity index is 1.30. The Labute approximate surface area is 225 Å². The van der Waals surface area contributed by atoms with Gasteiger partial charge in [-0.25, -0.2) is 0 Å². The van der Waals surface area contributed by atoms with Crippen LogP contribution in [0.3, 0.4) is 0 Å². The lowest BCUT2D eigenvalue weighted by Gasteiger charge is -2.43. The maximum Gasteiger partial charge on any atom is 0.251 e. The van der Waals surface area contributed by atoms with E-state index in [1.807, 2.05) is 66.7 Å². The Hall–Kier alpha value is -3.03. The van der Waals surface area contributed by atoms with Crippen molar-refractivity contribution in [3.8, 4) is 0 Å². The molecule has 0 bridgehead atoms. The van der Waals surface area contributed by atoms with E-state index < -0.39 is 6.29 Å². The Morgan fingerprint density at radius 2 is 1.53 bits per heavy atom. The fourth-order valence-corrected chi connectivity index (χ4v) is 5.39. The lowest BCUT2D eigenvalue weighted by atomic mass is 9.89. The van der Waals surface area contributed by atoms with Gasteiger partial charge in [0.2, 0.25) is 0 Å². The fourth-order valence-electron chi connectivity index (χ4n) is 5.39. The molecule has 2 aliphatic heterocycles. The molecule has 2 heterocycles. The van der Waals surface area contributed by atoms with Crippen molar-refractivity contribution < 1.29 is 19.4 Å². The van der Waals surface area contributed by atoms with Crippen molar-refractivity contribution in [2.75, 3.05) is 19.6 Å². The lowest BCUT2D eigenvalue weighted by molar-refractivity contribution is -0.276. The highest BCUT2D eigenvalue weighted by molar-refractivity contribution is 5.94. The van der Waals surface area contributed by atoms with Crippen LogP contribution in [0.4, 0.5) is 0 Å². The summed E-state index contributed by atoms with van der Waals surface area (Å²) >= 11 is 0. The first kappa shape index (κ1) is 26.6. The van der Waals surface area contributed by atoms with Crippen LogP contribution < -0.4 is 5.32 Å². The van der Waals surface area contributed by atoms with Crippen LogP contribution in [0.25, 0.3) is 0 Å². The van der Waals surface area contributed by atoms with Crippen molar-refractivity contribution in [1.29, 1.82) is 0 Å². The van der Waals surface area contributed by atoms with Gasteiger partial charge in [0.05, 0.1) is 18.8 Å². The number of likely N-dealkylation sites (tertiary alicyclic amines) is 1. The summed E-state index contributed by atoms with van der Waals surface area (Å²) in [6.07, 6.45) is 3.25. The van der Waals surface area contributed by atoms with Gasteiger partial charge < -0.3 is 24.8 Å². The highest BCUT2D eigenvalue weighted by Gasteiger charge is 2.39. The molecule has 2 N–H and O–H groups in total. The largest absolute Gasteiger partial charge is 0.392 e. The van der Waals surface area contributed by atoms with E-state index in [4.69, 9.17) is 9.47 Å². The first-order valence-corrected chi connectivity index (χ1v) is 13.8. The summed E-state index contributed by atoms with van der Waals surface area (Å²) in [5.41, 5.74) is 4.63. The third-order valence-corrected chi connectivity index (χ3v) is 7.75. The molecule has 38 heavy (non-hydrogen) atoms. The van der Waals surface area contributed by atoms with Crippen LogP contribution in [0, 0.1) is 5.92 Å². The molecule has 5 rings (SSSR count). The molecule has 0 saturated carbocycles. The van der Waals surface area contributed by atoms with Crippen molar-refractivity contribution in [1.82, 2.24) is 10.2 Å². The van der Waals surface area contributed by atoms with Crippen molar-refractivity contribution in [2.24, 2.45) is 5.92 Å². The minimum absolute atomic E-state index is 0.0306. The van der Waals surface area contributed by atoms with Gasteiger partial charge in [0.15, 0.2) is 6.29 Å². The molecule has 0 unspecified atom stereocenters. The van der Waals surface area contributed by atoms with Gasteiger partial charge >= 0.3 is 0 Å². The van der Waals surface area contributed by atoms with Crippen molar-refractivity contribution in [3.63, 3.8) is 0 Å². The number of carbonyl (C=O) groups excluding carboxylic acids is 1. The van der Waals surface area contributed by atoms with Crippen LogP contribution in [0.2, 0.25) is 0 Å². The number of nitrogens with one attached hydrogen (secondary N) is 1. The lowest BCUT2D eigenvalue weighted by Crippen LogP contribution is -2.45. The molecule has 4 atom stereocenters. The number of nitrogens with zero attached hydrogens (tertiary/aromatic N) is 1. The molecule has 3 aromatic rings. The molecular formula is C32H38N2O4.